The topological polar surface area (TPSA) is 90.9 Å². The van der Waals surface area contributed by atoms with E-state index in [0.717, 1.165) is 37.3 Å². The normalized spacial score (nSPS) is 25.0. The van der Waals surface area contributed by atoms with Crippen molar-refractivity contribution in [3.63, 3.8) is 0 Å². The highest BCUT2D eigenvalue weighted by Gasteiger charge is 2.63. The molecule has 0 aromatic carbocycles. The fourth-order valence-electron chi connectivity index (χ4n) is 6.79. The Morgan fingerprint density at radius 2 is 1.43 bits per heavy atom. The molecule has 0 bridgehead atoms. The maximum Gasteiger partial charge on any atom is 0.434 e. The summed E-state index contributed by atoms with van der Waals surface area (Å²) in [6.45, 7) is 2.29. The summed E-state index contributed by atoms with van der Waals surface area (Å²) >= 11 is 0. The molecule has 2 aromatic heterocycles. The van der Waals surface area contributed by atoms with E-state index in [1.807, 2.05) is 4.90 Å². The summed E-state index contributed by atoms with van der Waals surface area (Å²) in [4.78, 5) is 27.5. The van der Waals surface area contributed by atoms with Crippen molar-refractivity contribution >= 4 is 6.03 Å². The van der Waals surface area contributed by atoms with Crippen molar-refractivity contribution in [3.8, 4) is 0 Å². The van der Waals surface area contributed by atoms with Gasteiger partial charge in [0.2, 0.25) is 0 Å². The number of urea groups is 1. The van der Waals surface area contributed by atoms with Gasteiger partial charge in [-0.1, -0.05) is 0 Å². The Kier molecular flexibility index (Phi) is 4.64. The van der Waals surface area contributed by atoms with Crippen molar-refractivity contribution in [2.24, 2.45) is 16.7 Å². The van der Waals surface area contributed by atoms with Crippen LogP contribution in [0.25, 0.3) is 0 Å². The van der Waals surface area contributed by atoms with E-state index in [-0.39, 0.29) is 29.7 Å². The lowest BCUT2D eigenvalue weighted by molar-refractivity contribution is -0.182. The molecule has 37 heavy (non-hydrogen) atoms. The Hall–Kier alpha value is -2.86. The second-order valence-corrected chi connectivity index (χ2v) is 12.0. The van der Waals surface area contributed by atoms with Gasteiger partial charge in [0, 0.05) is 54.8 Å². The first kappa shape index (κ1) is 23.3. The van der Waals surface area contributed by atoms with E-state index in [4.69, 9.17) is 0 Å². The number of likely N-dealkylation sites (tertiary alicyclic amines) is 2. The minimum Gasteiger partial charge on any atom is -0.323 e. The highest BCUT2D eigenvalue weighted by Crippen LogP contribution is 2.60. The van der Waals surface area contributed by atoms with Crippen molar-refractivity contribution in [1.82, 2.24) is 34.9 Å². The maximum atomic E-state index is 14.8. The van der Waals surface area contributed by atoms with Crippen LogP contribution in [-0.4, -0.2) is 67.2 Å². The van der Waals surface area contributed by atoms with Crippen LogP contribution in [0.4, 0.5) is 26.7 Å². The van der Waals surface area contributed by atoms with Gasteiger partial charge < -0.3 is 9.80 Å². The standard InChI is InChI=1S/C24H26F5N7O/c25-23(26,16-7-31-17(8-30-16)24(27,28)29)15-5-22(6-15)11-36(12-22)20(37)35-9-21(10-35)3-14(4-21)19-32-18(33-34-19)13-1-2-13/h7-8,13-15H,1-6,9-12H2,(H,32,33,34). The molecular weight excluding hydrogens is 497 g/mol. The van der Waals surface area contributed by atoms with Crippen LogP contribution < -0.4 is 0 Å². The van der Waals surface area contributed by atoms with Crippen LogP contribution in [0.2, 0.25) is 0 Å². The fraction of sp³-hybridized carbons (Fsp3) is 0.708. The summed E-state index contributed by atoms with van der Waals surface area (Å²) in [5, 5.41) is 7.42. The van der Waals surface area contributed by atoms with E-state index >= 15 is 0 Å². The van der Waals surface area contributed by atoms with Gasteiger partial charge in [-0.25, -0.2) is 14.8 Å². The molecule has 13 heteroatoms. The Bertz CT molecular complexity index is 1210. The molecule has 0 unspecified atom stereocenters. The van der Waals surface area contributed by atoms with E-state index in [2.05, 4.69) is 25.1 Å². The Labute approximate surface area is 209 Å². The molecular formula is C24H26F5N7O. The van der Waals surface area contributed by atoms with Gasteiger partial charge in [-0.2, -0.15) is 27.1 Å². The summed E-state index contributed by atoms with van der Waals surface area (Å²) in [7, 11) is 0. The summed E-state index contributed by atoms with van der Waals surface area (Å²) in [6, 6.07) is -0.0424. The first-order valence-corrected chi connectivity index (χ1v) is 12.7. The average molecular weight is 524 g/mol. The first-order chi connectivity index (χ1) is 17.5. The molecule has 0 radical (unpaired) electrons. The average Bonchev–Trinajstić information content (AvgIpc) is 3.47. The molecule has 0 atom stereocenters. The number of carbonyl (C=O) groups excluding carboxylic acids is 1. The fourth-order valence-corrected chi connectivity index (χ4v) is 6.79. The lowest BCUT2D eigenvalue weighted by Gasteiger charge is -2.63. The number of carbonyl (C=O) groups is 1. The van der Waals surface area contributed by atoms with Gasteiger partial charge in [-0.3, -0.25) is 10.1 Å². The molecule has 2 aliphatic heterocycles. The van der Waals surface area contributed by atoms with Gasteiger partial charge in [0.25, 0.3) is 5.92 Å². The molecule has 2 aromatic rings. The highest BCUT2D eigenvalue weighted by molar-refractivity contribution is 5.77. The monoisotopic (exact) mass is 523 g/mol. The van der Waals surface area contributed by atoms with E-state index in [1.165, 1.54) is 0 Å². The van der Waals surface area contributed by atoms with E-state index < -0.39 is 29.4 Å². The summed E-state index contributed by atoms with van der Waals surface area (Å²) < 4.78 is 67.6. The van der Waals surface area contributed by atoms with Gasteiger partial charge in [0.1, 0.15) is 11.5 Å². The van der Waals surface area contributed by atoms with Crippen LogP contribution in [-0.2, 0) is 12.1 Å². The molecule has 7 rings (SSSR count). The zero-order chi connectivity index (χ0) is 25.8. The second-order valence-electron chi connectivity index (χ2n) is 12.0. The third kappa shape index (κ3) is 3.70. The molecule has 3 saturated carbocycles. The van der Waals surface area contributed by atoms with Gasteiger partial charge in [0.05, 0.1) is 12.4 Å². The highest BCUT2D eigenvalue weighted by atomic mass is 19.4. The number of hydrogen-bond donors (Lipinski definition) is 1. The molecule has 198 valence electrons. The van der Waals surface area contributed by atoms with Gasteiger partial charge in [-0.05, 0) is 38.5 Å². The van der Waals surface area contributed by atoms with Crippen molar-refractivity contribution in [2.45, 2.75) is 62.5 Å². The van der Waals surface area contributed by atoms with Crippen LogP contribution in [0, 0.1) is 16.7 Å². The minimum absolute atomic E-state index is 0.0424. The molecule has 5 aliphatic rings. The van der Waals surface area contributed by atoms with Gasteiger partial charge >= 0.3 is 12.2 Å². The number of amides is 2. The van der Waals surface area contributed by atoms with Crippen LogP contribution in [0.3, 0.4) is 0 Å². The maximum absolute atomic E-state index is 14.8. The third-order valence-corrected chi connectivity index (χ3v) is 9.01. The van der Waals surface area contributed by atoms with Crippen LogP contribution in [0.5, 0.6) is 0 Å². The smallest absolute Gasteiger partial charge is 0.323 e. The number of H-pyrrole nitrogens is 1. The zero-order valence-electron chi connectivity index (χ0n) is 19.9. The van der Waals surface area contributed by atoms with Crippen molar-refractivity contribution in [3.05, 3.63) is 35.4 Å². The number of rotatable bonds is 4. The van der Waals surface area contributed by atoms with E-state index in [9.17, 15) is 26.7 Å². The number of nitrogens with zero attached hydrogens (tertiary/aromatic N) is 6. The molecule has 1 N–H and O–H groups in total. The number of aromatic nitrogens is 5. The van der Waals surface area contributed by atoms with Crippen LogP contribution in [0.15, 0.2) is 12.4 Å². The third-order valence-electron chi connectivity index (χ3n) is 9.01. The number of alkyl halides is 5. The molecule has 3 aliphatic carbocycles. The Balaban J connectivity index is 0.874. The quantitative estimate of drug-likeness (QED) is 0.604. The number of aromatic amines is 1. The SMILES string of the molecule is O=C(N1CC2(CC(c3nc(C4CC4)n[nH]3)C2)C1)N1CC2(CC(C(F)(F)c3cnc(C(F)(F)F)cn3)C2)C1. The van der Waals surface area contributed by atoms with Gasteiger partial charge in [0.15, 0.2) is 11.5 Å². The van der Waals surface area contributed by atoms with Crippen LogP contribution >= 0.6 is 0 Å². The van der Waals surface area contributed by atoms with Crippen LogP contribution in [0.1, 0.15) is 73.4 Å². The first-order valence-electron chi connectivity index (χ1n) is 12.7. The number of halogens is 5. The molecule has 2 saturated heterocycles. The summed E-state index contributed by atoms with van der Waals surface area (Å²) in [5.41, 5.74) is -2.22. The van der Waals surface area contributed by atoms with Crippen molar-refractivity contribution < 1.29 is 26.7 Å². The zero-order valence-corrected chi connectivity index (χ0v) is 19.9. The largest absolute Gasteiger partial charge is 0.434 e. The molecule has 2 amide bonds. The molecule has 4 heterocycles. The predicted octanol–water partition coefficient (Wildman–Crippen LogP) is 4.29. The van der Waals surface area contributed by atoms with Gasteiger partial charge in [-0.15, -0.1) is 0 Å². The Morgan fingerprint density at radius 1 is 0.865 bits per heavy atom. The summed E-state index contributed by atoms with van der Waals surface area (Å²) in [6.07, 6.45) is 0.862. The van der Waals surface area contributed by atoms with Crippen molar-refractivity contribution in [2.75, 3.05) is 26.2 Å². The Morgan fingerprint density at radius 3 is 1.97 bits per heavy atom. The van der Waals surface area contributed by atoms with E-state index in [0.29, 0.717) is 50.4 Å². The van der Waals surface area contributed by atoms with Crippen molar-refractivity contribution in [1.29, 1.82) is 0 Å². The lowest BCUT2D eigenvalue weighted by atomic mass is 9.55. The van der Waals surface area contributed by atoms with E-state index in [1.54, 1.807) is 4.90 Å². The molecule has 5 fully saturated rings. The summed E-state index contributed by atoms with van der Waals surface area (Å²) in [5.74, 6) is -1.61. The predicted molar refractivity (Wildman–Crippen MR) is 117 cm³/mol. The molecule has 8 nitrogen and oxygen atoms in total. The minimum atomic E-state index is -4.73. The number of hydrogen-bond acceptors (Lipinski definition) is 5. The second kappa shape index (κ2) is 7.37. The number of nitrogens with one attached hydrogen (secondary N) is 1. The molecule has 2 spiro atoms. The lowest BCUT2D eigenvalue weighted by Crippen LogP contribution is -2.71.